The maximum absolute atomic E-state index is 12.6. The number of hydrogen-bond donors (Lipinski definition) is 1. The van der Waals surface area contributed by atoms with Crippen molar-refractivity contribution in [2.75, 3.05) is 32.2 Å². The first-order valence-corrected chi connectivity index (χ1v) is 9.95. The number of anilines is 1. The molecule has 168 valence electrons. The fourth-order valence-corrected chi connectivity index (χ4v) is 3.48. The molecule has 2 aliphatic heterocycles. The lowest BCUT2D eigenvalue weighted by Gasteiger charge is -2.17. The lowest BCUT2D eigenvalue weighted by molar-refractivity contribution is -0.143. The van der Waals surface area contributed by atoms with Crippen molar-refractivity contribution >= 4 is 29.4 Å². The number of carbonyl (C=O) groups excluding carboxylic acids is 4. The molecule has 2 aromatic rings. The van der Waals surface area contributed by atoms with Gasteiger partial charge >= 0.3 is 17.8 Å². The van der Waals surface area contributed by atoms with Crippen LogP contribution < -0.4 is 10.1 Å². The standard InChI is InChI=1S/C20H21N5O7/c1-30-14-5-3-2-4-13(14)21-16(26)8-15-22-17(32-23-15)10-25-19(28)18(27)24(20(25)29)9-12-6-7-31-11-12/h2-5,12H,6-11H2,1H3,(H,21,26). The predicted octanol–water partition coefficient (Wildman–Crippen LogP) is 0.587. The third-order valence-corrected chi connectivity index (χ3v) is 5.10. The molecule has 0 bridgehead atoms. The number of imide groups is 2. The van der Waals surface area contributed by atoms with E-state index in [1.165, 1.54) is 7.11 Å². The highest BCUT2D eigenvalue weighted by Gasteiger charge is 2.46. The van der Waals surface area contributed by atoms with E-state index < -0.39 is 23.8 Å². The minimum absolute atomic E-state index is 0.00686. The molecule has 4 rings (SSSR count). The molecule has 1 aromatic heterocycles. The molecular formula is C20H21N5O7. The van der Waals surface area contributed by atoms with Crippen LogP contribution in [0.3, 0.4) is 0 Å². The van der Waals surface area contributed by atoms with Gasteiger partial charge in [-0.25, -0.2) is 9.69 Å². The zero-order valence-corrected chi connectivity index (χ0v) is 17.3. The van der Waals surface area contributed by atoms with E-state index in [2.05, 4.69) is 15.5 Å². The molecule has 0 aliphatic carbocycles. The Morgan fingerprint density at radius 2 is 2.00 bits per heavy atom. The van der Waals surface area contributed by atoms with E-state index in [0.717, 1.165) is 16.2 Å². The highest BCUT2D eigenvalue weighted by Crippen LogP contribution is 2.23. The van der Waals surface area contributed by atoms with Crippen molar-refractivity contribution in [3.05, 3.63) is 36.0 Å². The summed E-state index contributed by atoms with van der Waals surface area (Å²) in [7, 11) is 1.49. The second-order valence-corrected chi connectivity index (χ2v) is 7.35. The molecule has 0 radical (unpaired) electrons. The number of methoxy groups -OCH3 is 1. The van der Waals surface area contributed by atoms with Crippen molar-refractivity contribution in [2.45, 2.75) is 19.4 Å². The van der Waals surface area contributed by atoms with Gasteiger partial charge < -0.3 is 19.3 Å². The van der Waals surface area contributed by atoms with Gasteiger partial charge in [0.2, 0.25) is 11.8 Å². The average Bonchev–Trinajstić information content (AvgIpc) is 3.50. The zero-order chi connectivity index (χ0) is 22.7. The van der Waals surface area contributed by atoms with Crippen LogP contribution >= 0.6 is 0 Å². The van der Waals surface area contributed by atoms with E-state index in [4.69, 9.17) is 14.0 Å². The monoisotopic (exact) mass is 443 g/mol. The maximum Gasteiger partial charge on any atom is 0.334 e. The van der Waals surface area contributed by atoms with Crippen LogP contribution in [0.25, 0.3) is 0 Å². The number of ether oxygens (including phenoxy) is 2. The summed E-state index contributed by atoms with van der Waals surface area (Å²) in [4.78, 5) is 55.1. The van der Waals surface area contributed by atoms with Crippen LogP contribution in [0.15, 0.2) is 28.8 Å². The third kappa shape index (κ3) is 4.44. The summed E-state index contributed by atoms with van der Waals surface area (Å²) in [5.74, 6) is -1.74. The Bertz CT molecular complexity index is 1050. The summed E-state index contributed by atoms with van der Waals surface area (Å²) in [6.07, 6.45) is 0.519. The lowest BCUT2D eigenvalue weighted by atomic mass is 10.1. The van der Waals surface area contributed by atoms with Crippen molar-refractivity contribution < 1.29 is 33.2 Å². The van der Waals surface area contributed by atoms with E-state index in [0.29, 0.717) is 24.7 Å². The lowest BCUT2D eigenvalue weighted by Crippen LogP contribution is -2.36. The normalized spacial score (nSPS) is 18.5. The summed E-state index contributed by atoms with van der Waals surface area (Å²) in [5, 5.41) is 6.40. The first kappa shape index (κ1) is 21.4. The van der Waals surface area contributed by atoms with Gasteiger partial charge in [0.25, 0.3) is 0 Å². The van der Waals surface area contributed by atoms with Crippen LogP contribution in [0, 0.1) is 5.92 Å². The third-order valence-electron chi connectivity index (χ3n) is 5.10. The molecule has 1 unspecified atom stereocenters. The van der Waals surface area contributed by atoms with Gasteiger partial charge in [-0.15, -0.1) is 0 Å². The van der Waals surface area contributed by atoms with E-state index >= 15 is 0 Å². The number of benzene rings is 1. The fraction of sp³-hybridized carbons (Fsp3) is 0.400. The van der Waals surface area contributed by atoms with Crippen LogP contribution in [-0.4, -0.2) is 70.6 Å². The van der Waals surface area contributed by atoms with E-state index in [9.17, 15) is 19.2 Å². The van der Waals surface area contributed by atoms with Gasteiger partial charge in [0.1, 0.15) is 12.3 Å². The molecule has 12 nitrogen and oxygen atoms in total. The summed E-state index contributed by atoms with van der Waals surface area (Å²) >= 11 is 0. The average molecular weight is 443 g/mol. The van der Waals surface area contributed by atoms with Crippen LogP contribution in [0.2, 0.25) is 0 Å². The SMILES string of the molecule is COc1ccccc1NC(=O)Cc1noc(CN2C(=O)C(=O)N(CC3CCOC3)C2=O)n1. The number of hydrogen-bond acceptors (Lipinski definition) is 9. The first-order valence-electron chi connectivity index (χ1n) is 9.95. The predicted molar refractivity (Wildman–Crippen MR) is 106 cm³/mol. The number of rotatable bonds is 8. The van der Waals surface area contributed by atoms with Crippen LogP contribution in [0.4, 0.5) is 10.5 Å². The van der Waals surface area contributed by atoms with Gasteiger partial charge in [-0.1, -0.05) is 17.3 Å². The summed E-state index contributed by atoms with van der Waals surface area (Å²) in [5.41, 5.74) is 0.489. The fourth-order valence-electron chi connectivity index (χ4n) is 3.48. The summed E-state index contributed by atoms with van der Waals surface area (Å²) in [6.45, 7) is 0.767. The number of amides is 5. The van der Waals surface area contributed by atoms with Crippen molar-refractivity contribution in [3.8, 4) is 5.75 Å². The van der Waals surface area contributed by atoms with Gasteiger partial charge in [0, 0.05) is 19.1 Å². The van der Waals surface area contributed by atoms with Gasteiger partial charge in [-0.2, -0.15) is 4.98 Å². The van der Waals surface area contributed by atoms with E-state index in [-0.39, 0.29) is 37.1 Å². The summed E-state index contributed by atoms with van der Waals surface area (Å²) < 4.78 is 15.5. The molecule has 0 saturated carbocycles. The van der Waals surface area contributed by atoms with E-state index in [1.807, 2.05) is 0 Å². The minimum atomic E-state index is -0.956. The number of urea groups is 1. The van der Waals surface area contributed by atoms with Crippen molar-refractivity contribution in [2.24, 2.45) is 5.92 Å². The molecule has 2 fully saturated rings. The largest absolute Gasteiger partial charge is 0.495 e. The number of nitrogens with zero attached hydrogens (tertiary/aromatic N) is 4. The molecule has 1 N–H and O–H groups in total. The molecular weight excluding hydrogens is 422 g/mol. The molecule has 1 aromatic carbocycles. The van der Waals surface area contributed by atoms with Crippen molar-refractivity contribution in [3.63, 3.8) is 0 Å². The van der Waals surface area contributed by atoms with Gasteiger partial charge in [-0.05, 0) is 18.6 Å². The van der Waals surface area contributed by atoms with Crippen molar-refractivity contribution in [1.29, 1.82) is 0 Å². The Balaban J connectivity index is 1.36. The Morgan fingerprint density at radius 3 is 2.75 bits per heavy atom. The Labute approximate surface area is 182 Å². The smallest absolute Gasteiger partial charge is 0.334 e. The quantitative estimate of drug-likeness (QED) is 0.458. The van der Waals surface area contributed by atoms with Gasteiger partial charge in [0.15, 0.2) is 5.82 Å². The molecule has 5 amide bonds. The topological polar surface area (TPSA) is 144 Å². The summed E-state index contributed by atoms with van der Waals surface area (Å²) in [6, 6.07) is 6.17. The van der Waals surface area contributed by atoms with Crippen LogP contribution in [0.1, 0.15) is 18.1 Å². The molecule has 0 spiro atoms. The molecule has 1 atom stereocenters. The number of carbonyl (C=O) groups is 4. The molecule has 2 aliphatic rings. The Kier molecular flexibility index (Phi) is 6.12. The Morgan fingerprint density at radius 1 is 1.22 bits per heavy atom. The molecule has 3 heterocycles. The first-order chi connectivity index (χ1) is 15.5. The maximum atomic E-state index is 12.6. The van der Waals surface area contributed by atoms with Gasteiger partial charge in [-0.3, -0.25) is 19.3 Å². The number of aromatic nitrogens is 2. The van der Waals surface area contributed by atoms with Gasteiger partial charge in [0.05, 0.1) is 25.8 Å². The number of nitrogens with one attached hydrogen (secondary N) is 1. The highest BCUT2D eigenvalue weighted by atomic mass is 16.5. The highest BCUT2D eigenvalue weighted by molar-refractivity contribution is 6.44. The second-order valence-electron chi connectivity index (χ2n) is 7.35. The number of para-hydroxylation sites is 2. The molecule has 2 saturated heterocycles. The Hall–Kier alpha value is -3.80. The zero-order valence-electron chi connectivity index (χ0n) is 17.3. The van der Waals surface area contributed by atoms with Crippen LogP contribution in [0.5, 0.6) is 5.75 Å². The van der Waals surface area contributed by atoms with Crippen LogP contribution in [-0.2, 0) is 32.1 Å². The minimum Gasteiger partial charge on any atom is -0.495 e. The van der Waals surface area contributed by atoms with E-state index in [1.54, 1.807) is 24.3 Å². The van der Waals surface area contributed by atoms with Crippen molar-refractivity contribution in [1.82, 2.24) is 19.9 Å². The molecule has 12 heteroatoms. The second kappa shape index (κ2) is 9.14. The molecule has 32 heavy (non-hydrogen) atoms.